The van der Waals surface area contributed by atoms with Crippen molar-refractivity contribution in [1.29, 1.82) is 0 Å². The maximum Gasteiger partial charge on any atom is 0.225 e. The van der Waals surface area contributed by atoms with Gasteiger partial charge in [-0.2, -0.15) is 0 Å². The molecule has 20 heavy (non-hydrogen) atoms. The second-order valence-electron chi connectivity index (χ2n) is 5.71. The van der Waals surface area contributed by atoms with Gasteiger partial charge in [-0.25, -0.2) is 0 Å². The van der Waals surface area contributed by atoms with E-state index in [-0.39, 0.29) is 17.9 Å². The van der Waals surface area contributed by atoms with E-state index in [1.165, 1.54) is 11.1 Å². The number of fused-ring (bicyclic) bond motifs is 1. The Balaban J connectivity index is 1.55. The minimum atomic E-state index is 0.0332. The predicted molar refractivity (Wildman–Crippen MR) is 75.9 cm³/mol. The SMILES string of the molecule is C[C@@H](Cc1ccc2c(c1)CCO2)NC(=O)[C@@H]1CCOC1. The summed E-state index contributed by atoms with van der Waals surface area (Å²) in [5, 5.41) is 3.09. The van der Waals surface area contributed by atoms with Gasteiger partial charge in [-0.15, -0.1) is 0 Å². The van der Waals surface area contributed by atoms with Gasteiger partial charge in [0, 0.05) is 19.1 Å². The van der Waals surface area contributed by atoms with E-state index < -0.39 is 0 Å². The lowest BCUT2D eigenvalue weighted by Crippen LogP contribution is -2.38. The molecular weight excluding hydrogens is 254 g/mol. The molecule has 1 N–H and O–H groups in total. The van der Waals surface area contributed by atoms with Gasteiger partial charge in [0.25, 0.3) is 0 Å². The molecule has 3 rings (SSSR count). The van der Waals surface area contributed by atoms with Gasteiger partial charge >= 0.3 is 0 Å². The minimum Gasteiger partial charge on any atom is -0.493 e. The third kappa shape index (κ3) is 2.96. The molecule has 0 aromatic heterocycles. The minimum absolute atomic E-state index is 0.0332. The van der Waals surface area contributed by atoms with Gasteiger partial charge in [0.2, 0.25) is 5.91 Å². The number of benzene rings is 1. The Labute approximate surface area is 119 Å². The van der Waals surface area contributed by atoms with Crippen molar-refractivity contribution in [2.75, 3.05) is 19.8 Å². The standard InChI is InChI=1S/C16H21NO3/c1-11(17-16(18)14-4-6-19-10-14)8-12-2-3-15-13(9-12)5-7-20-15/h2-3,9,11,14H,4-8,10H2,1H3,(H,17,18)/t11-,14+/m0/s1. The monoisotopic (exact) mass is 275 g/mol. The Hall–Kier alpha value is -1.55. The Morgan fingerprint density at radius 1 is 1.45 bits per heavy atom. The Kier molecular flexibility index (Phi) is 3.92. The highest BCUT2D eigenvalue weighted by Crippen LogP contribution is 2.26. The van der Waals surface area contributed by atoms with Crippen molar-refractivity contribution >= 4 is 5.91 Å². The summed E-state index contributed by atoms with van der Waals surface area (Å²) >= 11 is 0. The lowest BCUT2D eigenvalue weighted by atomic mass is 10.0. The molecule has 4 heteroatoms. The summed E-state index contributed by atoms with van der Waals surface area (Å²) in [5.74, 6) is 1.17. The fourth-order valence-corrected chi connectivity index (χ4v) is 2.87. The number of amides is 1. The van der Waals surface area contributed by atoms with E-state index in [2.05, 4.69) is 24.4 Å². The van der Waals surface area contributed by atoms with Gasteiger partial charge in [-0.3, -0.25) is 4.79 Å². The van der Waals surface area contributed by atoms with Crippen LogP contribution in [0.2, 0.25) is 0 Å². The summed E-state index contributed by atoms with van der Waals surface area (Å²) in [4.78, 5) is 12.0. The van der Waals surface area contributed by atoms with Gasteiger partial charge in [-0.1, -0.05) is 12.1 Å². The number of carbonyl (C=O) groups excluding carboxylic acids is 1. The lowest BCUT2D eigenvalue weighted by Gasteiger charge is -2.16. The molecule has 1 aromatic carbocycles. The predicted octanol–water partition coefficient (Wildman–Crippen LogP) is 1.71. The molecule has 1 fully saturated rings. The molecule has 0 aliphatic carbocycles. The molecule has 4 nitrogen and oxygen atoms in total. The molecule has 0 spiro atoms. The molecule has 2 aliphatic heterocycles. The van der Waals surface area contributed by atoms with Crippen molar-refractivity contribution in [3.8, 4) is 5.75 Å². The number of hydrogen-bond acceptors (Lipinski definition) is 3. The van der Waals surface area contributed by atoms with Crippen molar-refractivity contribution < 1.29 is 14.3 Å². The maximum absolute atomic E-state index is 12.0. The molecule has 0 saturated carbocycles. The molecule has 2 aliphatic rings. The second-order valence-corrected chi connectivity index (χ2v) is 5.71. The molecule has 2 atom stereocenters. The smallest absolute Gasteiger partial charge is 0.225 e. The van der Waals surface area contributed by atoms with Crippen molar-refractivity contribution in [3.63, 3.8) is 0 Å². The van der Waals surface area contributed by atoms with E-state index in [1.54, 1.807) is 0 Å². The first-order valence-electron chi connectivity index (χ1n) is 7.35. The van der Waals surface area contributed by atoms with E-state index in [1.807, 2.05) is 6.07 Å². The average Bonchev–Trinajstić information content (AvgIpc) is 3.09. The molecular formula is C16H21NO3. The number of carbonyl (C=O) groups is 1. The van der Waals surface area contributed by atoms with Crippen LogP contribution in [0.1, 0.15) is 24.5 Å². The quantitative estimate of drug-likeness (QED) is 0.910. The molecule has 2 heterocycles. The van der Waals surface area contributed by atoms with Crippen LogP contribution in [-0.4, -0.2) is 31.8 Å². The highest BCUT2D eigenvalue weighted by Gasteiger charge is 2.24. The van der Waals surface area contributed by atoms with E-state index >= 15 is 0 Å². The van der Waals surface area contributed by atoms with Crippen molar-refractivity contribution in [2.45, 2.75) is 32.2 Å². The molecule has 1 aromatic rings. The van der Waals surface area contributed by atoms with E-state index in [0.29, 0.717) is 13.2 Å². The zero-order valence-electron chi connectivity index (χ0n) is 11.9. The first-order chi connectivity index (χ1) is 9.72. The van der Waals surface area contributed by atoms with Crippen LogP contribution in [0.4, 0.5) is 0 Å². The largest absolute Gasteiger partial charge is 0.493 e. The highest BCUT2D eigenvalue weighted by atomic mass is 16.5. The zero-order chi connectivity index (χ0) is 13.9. The van der Waals surface area contributed by atoms with Gasteiger partial charge < -0.3 is 14.8 Å². The topological polar surface area (TPSA) is 47.6 Å². The fourth-order valence-electron chi connectivity index (χ4n) is 2.87. The maximum atomic E-state index is 12.0. The molecule has 1 saturated heterocycles. The first kappa shape index (κ1) is 13.4. The second kappa shape index (κ2) is 5.83. The van der Waals surface area contributed by atoms with Crippen LogP contribution in [0.5, 0.6) is 5.75 Å². The van der Waals surface area contributed by atoms with E-state index in [0.717, 1.165) is 31.6 Å². The molecule has 0 radical (unpaired) electrons. The third-order valence-corrected chi connectivity index (χ3v) is 3.98. The van der Waals surface area contributed by atoms with Crippen LogP contribution in [0.15, 0.2) is 18.2 Å². The summed E-state index contributed by atoms with van der Waals surface area (Å²) in [5.41, 5.74) is 2.54. The van der Waals surface area contributed by atoms with Crippen LogP contribution < -0.4 is 10.1 Å². The number of ether oxygens (including phenoxy) is 2. The Bertz CT molecular complexity index is 494. The van der Waals surface area contributed by atoms with Crippen LogP contribution in [0.3, 0.4) is 0 Å². The number of nitrogens with one attached hydrogen (secondary N) is 1. The lowest BCUT2D eigenvalue weighted by molar-refractivity contribution is -0.125. The van der Waals surface area contributed by atoms with Crippen molar-refractivity contribution in [3.05, 3.63) is 29.3 Å². The van der Waals surface area contributed by atoms with E-state index in [4.69, 9.17) is 9.47 Å². The van der Waals surface area contributed by atoms with Gasteiger partial charge in [-0.05, 0) is 37.0 Å². The summed E-state index contributed by atoms with van der Waals surface area (Å²) in [6, 6.07) is 6.47. The summed E-state index contributed by atoms with van der Waals surface area (Å²) in [6.07, 6.45) is 2.69. The molecule has 0 unspecified atom stereocenters. The number of hydrogen-bond donors (Lipinski definition) is 1. The summed E-state index contributed by atoms with van der Waals surface area (Å²) < 4.78 is 10.8. The normalized spacial score (nSPS) is 22.1. The van der Waals surface area contributed by atoms with Crippen molar-refractivity contribution in [1.82, 2.24) is 5.32 Å². The van der Waals surface area contributed by atoms with Crippen LogP contribution in [0, 0.1) is 5.92 Å². The zero-order valence-corrected chi connectivity index (χ0v) is 11.9. The Morgan fingerprint density at radius 2 is 2.35 bits per heavy atom. The molecule has 1 amide bonds. The summed E-state index contributed by atoms with van der Waals surface area (Å²) in [7, 11) is 0. The Morgan fingerprint density at radius 3 is 3.15 bits per heavy atom. The average molecular weight is 275 g/mol. The molecule has 0 bridgehead atoms. The third-order valence-electron chi connectivity index (χ3n) is 3.98. The van der Waals surface area contributed by atoms with Crippen LogP contribution in [-0.2, 0) is 22.4 Å². The van der Waals surface area contributed by atoms with Gasteiger partial charge in [0.1, 0.15) is 5.75 Å². The van der Waals surface area contributed by atoms with Crippen LogP contribution in [0.25, 0.3) is 0 Å². The van der Waals surface area contributed by atoms with Gasteiger partial charge in [0.05, 0.1) is 19.1 Å². The van der Waals surface area contributed by atoms with Crippen LogP contribution >= 0.6 is 0 Å². The highest BCUT2D eigenvalue weighted by molar-refractivity contribution is 5.79. The molecule has 108 valence electrons. The first-order valence-corrected chi connectivity index (χ1v) is 7.35. The van der Waals surface area contributed by atoms with E-state index in [9.17, 15) is 4.79 Å². The van der Waals surface area contributed by atoms with Gasteiger partial charge in [0.15, 0.2) is 0 Å². The van der Waals surface area contributed by atoms with Crippen molar-refractivity contribution in [2.24, 2.45) is 5.92 Å². The fraction of sp³-hybridized carbons (Fsp3) is 0.562. The summed E-state index contributed by atoms with van der Waals surface area (Å²) in [6.45, 7) is 4.11. The number of rotatable bonds is 4.